The Morgan fingerprint density at radius 3 is 2.85 bits per heavy atom. The van der Waals surface area contributed by atoms with E-state index in [4.69, 9.17) is 4.98 Å². The lowest BCUT2D eigenvalue weighted by Gasteiger charge is -2.29. The Bertz CT molecular complexity index is 649. The van der Waals surface area contributed by atoms with Gasteiger partial charge in [0.2, 0.25) is 5.91 Å². The van der Waals surface area contributed by atoms with E-state index >= 15 is 0 Å². The fourth-order valence-corrected chi connectivity index (χ4v) is 3.64. The minimum absolute atomic E-state index is 0.0125. The van der Waals surface area contributed by atoms with E-state index in [0.29, 0.717) is 19.4 Å². The second-order valence-electron chi connectivity index (χ2n) is 8.60. The molecule has 2 heterocycles. The molecule has 0 radical (unpaired) electrons. The van der Waals surface area contributed by atoms with Crippen molar-refractivity contribution in [3.05, 3.63) is 35.7 Å². The summed E-state index contributed by atoms with van der Waals surface area (Å²) in [5.74, 6) is 1.30. The normalized spacial score (nSPS) is 14.8. The van der Waals surface area contributed by atoms with Crippen LogP contribution in [0.4, 0.5) is 5.82 Å². The molecule has 0 fully saturated rings. The molecular formula is C22H35N3O2. The van der Waals surface area contributed by atoms with Crippen molar-refractivity contribution < 1.29 is 9.90 Å². The monoisotopic (exact) mass is 373 g/mol. The maximum Gasteiger partial charge on any atom is 0.219 e. The molecule has 5 heteroatoms. The number of carbonyl (C=O) groups excluding carboxylic acids is 1. The van der Waals surface area contributed by atoms with Crippen molar-refractivity contribution >= 4 is 11.7 Å². The van der Waals surface area contributed by atoms with Gasteiger partial charge >= 0.3 is 0 Å². The van der Waals surface area contributed by atoms with E-state index in [1.165, 1.54) is 12.0 Å². The third-order valence-corrected chi connectivity index (χ3v) is 5.24. The van der Waals surface area contributed by atoms with E-state index in [1.54, 1.807) is 0 Å². The molecule has 0 bridgehead atoms. The van der Waals surface area contributed by atoms with Crippen molar-refractivity contribution in [2.75, 3.05) is 18.4 Å². The molecule has 1 aromatic rings. The number of aliphatic hydroxyl groups is 1. The topological polar surface area (TPSA) is 74.2 Å². The molecule has 0 aromatic carbocycles. The van der Waals surface area contributed by atoms with Gasteiger partial charge in [-0.3, -0.25) is 4.79 Å². The SMILES string of the molecule is C=C(O)C(CCNC(=O)CCCCc1ccc2c(n1)NCCC2)C(C)(C)C. The highest BCUT2D eigenvalue weighted by Crippen LogP contribution is 2.32. The maximum absolute atomic E-state index is 12.0. The molecule has 1 aromatic heterocycles. The third-order valence-electron chi connectivity index (χ3n) is 5.24. The molecule has 0 spiro atoms. The summed E-state index contributed by atoms with van der Waals surface area (Å²) in [5.41, 5.74) is 2.34. The van der Waals surface area contributed by atoms with Crippen LogP contribution in [0.5, 0.6) is 0 Å². The minimum atomic E-state index is -0.0622. The number of rotatable bonds is 9. The average molecular weight is 374 g/mol. The van der Waals surface area contributed by atoms with Crippen LogP contribution >= 0.6 is 0 Å². The van der Waals surface area contributed by atoms with E-state index < -0.39 is 0 Å². The number of anilines is 1. The quantitative estimate of drug-likeness (QED) is 0.443. The molecule has 3 N–H and O–H groups in total. The first-order valence-electron chi connectivity index (χ1n) is 10.1. The number of aryl methyl sites for hydroxylation is 2. The van der Waals surface area contributed by atoms with Gasteiger partial charge in [0.1, 0.15) is 5.82 Å². The van der Waals surface area contributed by atoms with Gasteiger partial charge in [-0.1, -0.05) is 33.4 Å². The number of aromatic nitrogens is 1. The van der Waals surface area contributed by atoms with Gasteiger partial charge in [0, 0.05) is 31.1 Å². The zero-order chi connectivity index (χ0) is 19.9. The molecule has 1 amide bonds. The predicted molar refractivity (Wildman–Crippen MR) is 111 cm³/mol. The molecule has 2 rings (SSSR count). The van der Waals surface area contributed by atoms with E-state index in [1.807, 2.05) is 0 Å². The first-order valence-corrected chi connectivity index (χ1v) is 10.1. The van der Waals surface area contributed by atoms with Crippen LogP contribution in [0.1, 0.15) is 64.1 Å². The average Bonchev–Trinajstić information content (AvgIpc) is 2.61. The summed E-state index contributed by atoms with van der Waals surface area (Å²) in [7, 11) is 0. The number of hydrogen-bond acceptors (Lipinski definition) is 4. The second kappa shape index (κ2) is 9.77. The van der Waals surface area contributed by atoms with Crippen molar-refractivity contribution in [1.29, 1.82) is 0 Å². The number of hydrogen-bond donors (Lipinski definition) is 3. The van der Waals surface area contributed by atoms with Gasteiger partial charge in [0.25, 0.3) is 0 Å². The van der Waals surface area contributed by atoms with E-state index in [2.05, 4.69) is 50.1 Å². The zero-order valence-corrected chi connectivity index (χ0v) is 17.1. The largest absolute Gasteiger partial charge is 0.513 e. The lowest BCUT2D eigenvalue weighted by Crippen LogP contribution is -2.30. The fourth-order valence-electron chi connectivity index (χ4n) is 3.64. The van der Waals surface area contributed by atoms with E-state index in [9.17, 15) is 9.90 Å². The lowest BCUT2D eigenvalue weighted by molar-refractivity contribution is -0.121. The molecule has 0 saturated heterocycles. The number of unbranched alkanes of at least 4 members (excludes halogenated alkanes) is 1. The number of fused-ring (bicyclic) bond motifs is 1. The van der Waals surface area contributed by atoms with Crippen molar-refractivity contribution in [1.82, 2.24) is 10.3 Å². The molecule has 0 saturated carbocycles. The number of amides is 1. The van der Waals surface area contributed by atoms with Gasteiger partial charge in [-0.05, 0) is 55.6 Å². The van der Waals surface area contributed by atoms with Crippen LogP contribution in [-0.4, -0.2) is 29.1 Å². The van der Waals surface area contributed by atoms with Crippen LogP contribution in [0, 0.1) is 11.3 Å². The lowest BCUT2D eigenvalue weighted by atomic mass is 9.78. The van der Waals surface area contributed by atoms with Gasteiger partial charge in [-0.25, -0.2) is 4.98 Å². The standard InChI is InChI=1S/C22H35N3O2/c1-16(26)19(22(2,3)4)13-15-23-20(27)10-6-5-9-18-12-11-17-8-7-14-24-21(17)25-18/h11-12,19,26H,1,5-10,13-15H2,2-4H3,(H,23,27)(H,24,25). The second-order valence-corrected chi connectivity index (χ2v) is 8.60. The van der Waals surface area contributed by atoms with Gasteiger partial charge in [-0.2, -0.15) is 0 Å². The van der Waals surface area contributed by atoms with Crippen molar-refractivity contribution in [2.45, 2.75) is 65.7 Å². The highest BCUT2D eigenvalue weighted by molar-refractivity contribution is 5.75. The summed E-state index contributed by atoms with van der Waals surface area (Å²) < 4.78 is 0. The van der Waals surface area contributed by atoms with Gasteiger partial charge in [-0.15, -0.1) is 0 Å². The summed E-state index contributed by atoms with van der Waals surface area (Å²) in [6.07, 6.45) is 6.23. The van der Waals surface area contributed by atoms with Crippen LogP contribution in [0.25, 0.3) is 0 Å². The number of aliphatic hydroxyl groups excluding tert-OH is 1. The number of allylic oxidation sites excluding steroid dienone is 1. The van der Waals surface area contributed by atoms with Crippen molar-refractivity contribution in [3.8, 4) is 0 Å². The van der Waals surface area contributed by atoms with Gasteiger partial charge in [0.15, 0.2) is 0 Å². The molecule has 1 aliphatic heterocycles. The van der Waals surface area contributed by atoms with Crippen LogP contribution in [0.15, 0.2) is 24.5 Å². The molecule has 1 atom stereocenters. The molecule has 0 aliphatic carbocycles. The van der Waals surface area contributed by atoms with Crippen LogP contribution in [0.2, 0.25) is 0 Å². The summed E-state index contributed by atoms with van der Waals surface area (Å²) in [6, 6.07) is 4.29. The summed E-state index contributed by atoms with van der Waals surface area (Å²) in [5, 5.41) is 16.1. The Morgan fingerprint density at radius 2 is 2.15 bits per heavy atom. The molecule has 1 aliphatic rings. The van der Waals surface area contributed by atoms with Gasteiger partial charge in [0.05, 0.1) is 5.76 Å². The Kier molecular flexibility index (Phi) is 7.69. The smallest absolute Gasteiger partial charge is 0.219 e. The molecular weight excluding hydrogens is 338 g/mol. The molecule has 1 unspecified atom stereocenters. The van der Waals surface area contributed by atoms with Crippen LogP contribution in [-0.2, 0) is 17.6 Å². The van der Waals surface area contributed by atoms with Crippen molar-refractivity contribution in [2.24, 2.45) is 11.3 Å². The number of nitrogens with zero attached hydrogens (tertiary/aromatic N) is 1. The highest BCUT2D eigenvalue weighted by Gasteiger charge is 2.26. The Hall–Kier alpha value is -2.04. The Morgan fingerprint density at radius 1 is 1.37 bits per heavy atom. The molecule has 27 heavy (non-hydrogen) atoms. The number of pyridine rings is 1. The fraction of sp³-hybridized carbons (Fsp3) is 0.636. The van der Waals surface area contributed by atoms with Gasteiger partial charge < -0.3 is 15.7 Å². The van der Waals surface area contributed by atoms with E-state index in [-0.39, 0.29) is 23.0 Å². The Labute approximate surface area is 163 Å². The Balaban J connectivity index is 1.64. The summed E-state index contributed by atoms with van der Waals surface area (Å²) in [4.78, 5) is 16.7. The number of carbonyl (C=O) groups is 1. The zero-order valence-electron chi connectivity index (χ0n) is 17.1. The highest BCUT2D eigenvalue weighted by atomic mass is 16.3. The molecule has 5 nitrogen and oxygen atoms in total. The first kappa shape index (κ1) is 21.3. The first-order chi connectivity index (χ1) is 12.8. The van der Waals surface area contributed by atoms with Crippen molar-refractivity contribution in [3.63, 3.8) is 0 Å². The minimum Gasteiger partial charge on any atom is -0.513 e. The van der Waals surface area contributed by atoms with Crippen LogP contribution < -0.4 is 10.6 Å². The molecule has 150 valence electrons. The predicted octanol–water partition coefficient (Wildman–Crippen LogP) is 4.39. The third kappa shape index (κ3) is 6.89. The van der Waals surface area contributed by atoms with E-state index in [0.717, 1.165) is 43.7 Å². The summed E-state index contributed by atoms with van der Waals surface area (Å²) in [6.45, 7) is 11.5. The number of nitrogens with one attached hydrogen (secondary N) is 2. The summed E-state index contributed by atoms with van der Waals surface area (Å²) >= 11 is 0. The van der Waals surface area contributed by atoms with Crippen LogP contribution in [0.3, 0.4) is 0 Å². The maximum atomic E-state index is 12.0.